The summed E-state index contributed by atoms with van der Waals surface area (Å²) < 4.78 is 35.0. The maximum Gasteiger partial charge on any atom is 0.247 e. The van der Waals surface area contributed by atoms with Crippen molar-refractivity contribution in [3.8, 4) is 17.6 Å². The third-order valence-corrected chi connectivity index (χ3v) is 9.63. The Hall–Kier alpha value is -2.90. The first kappa shape index (κ1) is 29.1. The molecule has 0 spiro atoms. The summed E-state index contributed by atoms with van der Waals surface area (Å²) in [5.74, 6) is 5.75. The molecule has 1 heterocycles. The molecule has 1 saturated carbocycles. The molecule has 2 N–H and O–H groups in total. The van der Waals surface area contributed by atoms with Crippen LogP contribution in [-0.4, -0.2) is 78.2 Å². The molecule has 39 heavy (non-hydrogen) atoms. The fraction of sp³-hybridized carbons (Fsp3) is 0.500. The van der Waals surface area contributed by atoms with Gasteiger partial charge in [0.1, 0.15) is 22.4 Å². The lowest BCUT2D eigenvalue weighted by atomic mass is 10.0. The van der Waals surface area contributed by atoms with E-state index in [-0.39, 0.29) is 48.6 Å². The molecule has 210 valence electrons. The molecule has 1 aliphatic carbocycles. The lowest BCUT2D eigenvalue weighted by Gasteiger charge is -2.37. The summed E-state index contributed by atoms with van der Waals surface area (Å²) in [5.41, 5.74) is 0.419. The van der Waals surface area contributed by atoms with Gasteiger partial charge in [0.25, 0.3) is 0 Å². The molecule has 2 aromatic carbocycles. The van der Waals surface area contributed by atoms with Gasteiger partial charge in [-0.3, -0.25) is 4.79 Å². The van der Waals surface area contributed by atoms with E-state index >= 15 is 0 Å². The van der Waals surface area contributed by atoms with Crippen LogP contribution in [0.2, 0.25) is 0 Å². The first-order valence-corrected chi connectivity index (χ1v) is 14.9. The Morgan fingerprint density at radius 1 is 1.21 bits per heavy atom. The second kappa shape index (κ2) is 12.1. The van der Waals surface area contributed by atoms with E-state index in [0.29, 0.717) is 18.4 Å². The summed E-state index contributed by atoms with van der Waals surface area (Å²) in [6.07, 6.45) is 2.82. The maximum atomic E-state index is 13.7. The van der Waals surface area contributed by atoms with Gasteiger partial charge in [-0.15, -0.1) is 0 Å². The van der Waals surface area contributed by atoms with Gasteiger partial charge in [0.05, 0.1) is 19.6 Å². The van der Waals surface area contributed by atoms with Crippen LogP contribution in [0.15, 0.2) is 53.4 Å². The van der Waals surface area contributed by atoms with Gasteiger partial charge < -0.3 is 19.8 Å². The van der Waals surface area contributed by atoms with E-state index in [9.17, 15) is 23.4 Å². The van der Waals surface area contributed by atoms with Crippen LogP contribution in [0.5, 0.6) is 5.75 Å². The quantitative estimate of drug-likeness (QED) is 0.532. The predicted molar refractivity (Wildman–Crippen MR) is 149 cm³/mol. The molecule has 0 aromatic heterocycles. The first-order chi connectivity index (χ1) is 18.5. The van der Waals surface area contributed by atoms with Crippen molar-refractivity contribution in [3.05, 3.63) is 59.7 Å². The summed E-state index contributed by atoms with van der Waals surface area (Å²) in [5, 5.41) is 20.5. The van der Waals surface area contributed by atoms with Gasteiger partial charge in [-0.2, -0.15) is 4.31 Å². The van der Waals surface area contributed by atoms with E-state index < -0.39 is 27.8 Å². The molecule has 0 radical (unpaired) electrons. The van der Waals surface area contributed by atoms with Crippen molar-refractivity contribution >= 4 is 15.9 Å². The Morgan fingerprint density at radius 2 is 1.90 bits per heavy atom. The molecule has 3 atom stereocenters. The highest BCUT2D eigenvalue weighted by molar-refractivity contribution is 7.89. The zero-order valence-corrected chi connectivity index (χ0v) is 23.7. The fourth-order valence-corrected chi connectivity index (χ4v) is 6.90. The second-order valence-corrected chi connectivity index (χ2v) is 12.7. The predicted octanol–water partition coefficient (Wildman–Crippen LogP) is 2.81. The number of fused-ring (bicyclic) bond motifs is 1. The van der Waals surface area contributed by atoms with E-state index in [2.05, 4.69) is 11.8 Å². The summed E-state index contributed by atoms with van der Waals surface area (Å²) in [6.45, 7) is 3.60. The Balaban J connectivity index is 1.66. The molecule has 0 bridgehead atoms. The van der Waals surface area contributed by atoms with Gasteiger partial charge in [-0.1, -0.05) is 49.1 Å². The number of benzene rings is 2. The summed E-state index contributed by atoms with van der Waals surface area (Å²) >= 11 is 0. The van der Waals surface area contributed by atoms with E-state index in [0.717, 1.165) is 18.4 Å². The average Bonchev–Trinajstić information content (AvgIpc) is 3.36. The zero-order valence-electron chi connectivity index (χ0n) is 22.8. The SMILES string of the molecule is C[C@@H]1CN([C@@H](C)CO)S(=O)(=O)c2ccc(C#CC3(O)CCCC3)cc2O[C@@H]1CN(C)C(=O)Cc1ccccc1. The van der Waals surface area contributed by atoms with E-state index in [1.807, 2.05) is 37.3 Å². The standard InChI is InChI=1S/C30H38N2O6S/c1-22-19-32(23(2)21-33)39(36,37)28-12-11-25(13-16-30(35)14-7-8-15-30)17-26(28)38-27(22)20-31(3)29(34)18-24-9-5-4-6-10-24/h4-6,9-12,17,22-23,27,33,35H,7-8,14-15,18-21H2,1-3H3/t22-,23+,27-/m1/s1. The largest absolute Gasteiger partial charge is 0.487 e. The Kier molecular flexibility index (Phi) is 9.02. The molecular formula is C30H38N2O6S. The normalized spacial score (nSPS) is 22.8. The first-order valence-electron chi connectivity index (χ1n) is 13.5. The number of carbonyl (C=O) groups excluding carboxylic acids is 1. The van der Waals surface area contributed by atoms with E-state index in [4.69, 9.17) is 4.74 Å². The second-order valence-electron chi connectivity index (χ2n) is 10.8. The van der Waals surface area contributed by atoms with Crippen molar-refractivity contribution in [2.24, 2.45) is 5.92 Å². The molecule has 0 saturated heterocycles. The minimum atomic E-state index is -3.99. The molecule has 1 amide bonds. The van der Waals surface area contributed by atoms with Crippen molar-refractivity contribution in [3.63, 3.8) is 0 Å². The van der Waals surface area contributed by atoms with Crippen molar-refractivity contribution in [1.82, 2.24) is 9.21 Å². The van der Waals surface area contributed by atoms with Crippen molar-refractivity contribution < 1.29 is 28.2 Å². The number of rotatable bonds is 6. The minimum Gasteiger partial charge on any atom is -0.487 e. The molecule has 4 rings (SSSR count). The van der Waals surface area contributed by atoms with Crippen LogP contribution in [0.3, 0.4) is 0 Å². The van der Waals surface area contributed by atoms with Gasteiger partial charge in [-0.25, -0.2) is 8.42 Å². The maximum absolute atomic E-state index is 13.7. The Morgan fingerprint density at radius 3 is 2.56 bits per heavy atom. The lowest BCUT2D eigenvalue weighted by Crippen LogP contribution is -2.50. The number of nitrogens with zero attached hydrogens (tertiary/aromatic N) is 2. The van der Waals surface area contributed by atoms with Crippen LogP contribution < -0.4 is 4.74 Å². The summed E-state index contributed by atoms with van der Waals surface area (Å²) in [7, 11) is -2.27. The third kappa shape index (κ3) is 6.82. The number of amides is 1. The Bertz CT molecular complexity index is 1330. The van der Waals surface area contributed by atoms with Gasteiger partial charge in [-0.05, 0) is 56.4 Å². The van der Waals surface area contributed by atoms with E-state index in [1.165, 1.54) is 10.4 Å². The molecule has 2 aromatic rings. The fourth-order valence-electron chi connectivity index (χ4n) is 5.07. The Labute approximate surface area is 231 Å². The van der Waals surface area contributed by atoms with Crippen LogP contribution >= 0.6 is 0 Å². The average molecular weight is 555 g/mol. The molecular weight excluding hydrogens is 516 g/mol. The summed E-state index contributed by atoms with van der Waals surface area (Å²) in [4.78, 5) is 14.6. The number of sulfonamides is 1. The number of likely N-dealkylation sites (N-methyl/N-ethyl adjacent to an activating group) is 1. The molecule has 1 fully saturated rings. The number of carbonyl (C=O) groups is 1. The number of aliphatic hydroxyl groups is 2. The number of ether oxygens (including phenoxy) is 1. The molecule has 1 aliphatic heterocycles. The van der Waals surface area contributed by atoms with Crippen LogP contribution in [0, 0.1) is 17.8 Å². The van der Waals surface area contributed by atoms with Crippen LogP contribution in [-0.2, 0) is 21.2 Å². The minimum absolute atomic E-state index is 0.0110. The highest BCUT2D eigenvalue weighted by Crippen LogP contribution is 2.34. The molecule has 0 unspecified atom stereocenters. The van der Waals surface area contributed by atoms with Gasteiger partial charge >= 0.3 is 0 Å². The van der Waals surface area contributed by atoms with Crippen LogP contribution in [0.4, 0.5) is 0 Å². The van der Waals surface area contributed by atoms with Crippen LogP contribution in [0.1, 0.15) is 50.7 Å². The zero-order chi connectivity index (χ0) is 28.2. The molecule has 8 nitrogen and oxygen atoms in total. The van der Waals surface area contributed by atoms with E-state index in [1.54, 1.807) is 31.0 Å². The van der Waals surface area contributed by atoms with Crippen molar-refractivity contribution in [2.45, 2.75) is 68.6 Å². The molecule has 9 heteroatoms. The van der Waals surface area contributed by atoms with Gasteiger partial charge in [0.2, 0.25) is 15.9 Å². The highest BCUT2D eigenvalue weighted by atomic mass is 32.2. The highest BCUT2D eigenvalue weighted by Gasteiger charge is 2.38. The lowest BCUT2D eigenvalue weighted by molar-refractivity contribution is -0.130. The smallest absolute Gasteiger partial charge is 0.247 e. The van der Waals surface area contributed by atoms with Crippen molar-refractivity contribution in [1.29, 1.82) is 0 Å². The topological polar surface area (TPSA) is 107 Å². The van der Waals surface area contributed by atoms with Gasteiger partial charge in [0.15, 0.2) is 0 Å². The van der Waals surface area contributed by atoms with Gasteiger partial charge in [0, 0.05) is 31.1 Å². The van der Waals surface area contributed by atoms with Crippen molar-refractivity contribution in [2.75, 3.05) is 26.7 Å². The number of hydrogen-bond donors (Lipinski definition) is 2. The monoisotopic (exact) mass is 554 g/mol. The number of hydrogen-bond acceptors (Lipinski definition) is 6. The summed E-state index contributed by atoms with van der Waals surface area (Å²) in [6, 6.07) is 13.5. The third-order valence-electron chi connectivity index (χ3n) is 7.62. The number of aliphatic hydroxyl groups excluding tert-OH is 1. The van der Waals surface area contributed by atoms with Crippen LogP contribution in [0.25, 0.3) is 0 Å². The molecule has 2 aliphatic rings.